The third-order valence-electron chi connectivity index (χ3n) is 3.82. The molecule has 0 bridgehead atoms. The number of carbonyl (C=O) groups is 2. The van der Waals surface area contributed by atoms with Crippen molar-refractivity contribution in [3.63, 3.8) is 0 Å². The fourth-order valence-corrected chi connectivity index (χ4v) is 2.65. The summed E-state index contributed by atoms with van der Waals surface area (Å²) in [5.41, 5.74) is 1.72. The summed E-state index contributed by atoms with van der Waals surface area (Å²) in [5, 5.41) is 0.638. The zero-order valence-electron chi connectivity index (χ0n) is 14.0. The quantitative estimate of drug-likeness (QED) is 0.576. The summed E-state index contributed by atoms with van der Waals surface area (Å²) in [4.78, 5) is 24.4. The Kier molecular flexibility index (Phi) is 6.78. The molecule has 0 heterocycles. The lowest BCUT2D eigenvalue weighted by atomic mass is 9.85. The monoisotopic (exact) mass is 358 g/mol. The number of hydrogen-bond acceptors (Lipinski definition) is 4. The number of carbonyl (C=O) groups excluding carboxylic acids is 2. The third kappa shape index (κ3) is 4.94. The molecule has 2 rings (SSSR count). The van der Waals surface area contributed by atoms with Gasteiger partial charge in [0.15, 0.2) is 5.92 Å². The van der Waals surface area contributed by atoms with E-state index in [9.17, 15) is 9.59 Å². The van der Waals surface area contributed by atoms with Crippen LogP contribution >= 0.6 is 11.6 Å². The molecule has 0 saturated carbocycles. The second-order valence-electron chi connectivity index (χ2n) is 5.37. The van der Waals surface area contributed by atoms with Gasteiger partial charge in [-0.05, 0) is 23.3 Å². The molecule has 4 nitrogen and oxygen atoms in total. The Labute approximate surface area is 152 Å². The maximum Gasteiger partial charge on any atom is 0.321 e. The van der Waals surface area contributed by atoms with Gasteiger partial charge in [-0.1, -0.05) is 66.2 Å². The average molecular weight is 359 g/mol. The largest absolute Gasteiger partial charge is 0.468 e. The molecule has 0 fully saturated rings. The minimum atomic E-state index is -1.08. The van der Waals surface area contributed by atoms with Crippen LogP contribution in [0.4, 0.5) is 0 Å². The van der Waals surface area contributed by atoms with Crippen LogP contribution in [0.5, 0.6) is 0 Å². The Balaban J connectivity index is 2.43. The molecule has 0 aliphatic heterocycles. The molecule has 0 N–H and O–H groups in total. The van der Waals surface area contributed by atoms with E-state index in [2.05, 4.69) is 0 Å². The van der Waals surface area contributed by atoms with Gasteiger partial charge in [0.1, 0.15) is 0 Å². The molecule has 0 spiro atoms. The molecule has 2 aromatic carbocycles. The predicted octanol–water partition coefficient (Wildman–Crippen LogP) is 4.10. The van der Waals surface area contributed by atoms with E-state index in [1.165, 1.54) is 14.2 Å². The molecular formula is C20H19ClO4. The van der Waals surface area contributed by atoms with Crippen molar-refractivity contribution >= 4 is 29.6 Å². The molecule has 0 saturated heterocycles. The fraction of sp³-hybridized carbons (Fsp3) is 0.200. The van der Waals surface area contributed by atoms with Gasteiger partial charge in [-0.2, -0.15) is 0 Å². The van der Waals surface area contributed by atoms with Gasteiger partial charge in [0, 0.05) is 10.9 Å². The molecule has 25 heavy (non-hydrogen) atoms. The third-order valence-corrected chi connectivity index (χ3v) is 4.07. The van der Waals surface area contributed by atoms with E-state index in [-0.39, 0.29) is 0 Å². The number of hydrogen-bond donors (Lipinski definition) is 0. The zero-order chi connectivity index (χ0) is 18.2. The number of allylic oxidation sites excluding steroid dienone is 1. The van der Waals surface area contributed by atoms with Crippen LogP contribution < -0.4 is 0 Å². The summed E-state index contributed by atoms with van der Waals surface area (Å²) < 4.78 is 9.63. The molecule has 1 atom stereocenters. The van der Waals surface area contributed by atoms with E-state index < -0.39 is 23.8 Å². The van der Waals surface area contributed by atoms with E-state index in [4.69, 9.17) is 21.1 Å². The van der Waals surface area contributed by atoms with E-state index >= 15 is 0 Å². The van der Waals surface area contributed by atoms with Crippen molar-refractivity contribution in [3.8, 4) is 0 Å². The normalized spacial score (nSPS) is 12.2. The lowest BCUT2D eigenvalue weighted by molar-refractivity contribution is -0.159. The van der Waals surface area contributed by atoms with Crippen LogP contribution in [-0.2, 0) is 19.1 Å². The molecule has 130 valence electrons. The fourth-order valence-electron chi connectivity index (χ4n) is 2.52. The Morgan fingerprint density at radius 2 is 1.48 bits per heavy atom. The van der Waals surface area contributed by atoms with Crippen molar-refractivity contribution in [2.24, 2.45) is 5.92 Å². The number of rotatable bonds is 6. The molecule has 0 aromatic heterocycles. The number of ether oxygens (including phenoxy) is 2. The SMILES string of the molecule is COC(=O)C(C(=O)OC)C(/C=C/c1ccc(Cl)cc1)c1ccccc1. The first-order valence-electron chi connectivity index (χ1n) is 7.71. The first kappa shape index (κ1) is 18.7. The van der Waals surface area contributed by atoms with Gasteiger partial charge in [-0.3, -0.25) is 9.59 Å². The summed E-state index contributed by atoms with van der Waals surface area (Å²) >= 11 is 5.89. The summed E-state index contributed by atoms with van der Waals surface area (Å²) in [7, 11) is 2.51. The summed E-state index contributed by atoms with van der Waals surface area (Å²) in [5.74, 6) is -2.87. The number of esters is 2. The Morgan fingerprint density at radius 1 is 0.920 bits per heavy atom. The number of methoxy groups -OCH3 is 2. The van der Waals surface area contributed by atoms with Crippen molar-refractivity contribution in [2.45, 2.75) is 5.92 Å². The van der Waals surface area contributed by atoms with Crippen molar-refractivity contribution in [3.05, 3.63) is 76.8 Å². The van der Waals surface area contributed by atoms with E-state index in [0.29, 0.717) is 5.02 Å². The van der Waals surface area contributed by atoms with Crippen LogP contribution in [0.15, 0.2) is 60.7 Å². The molecular weight excluding hydrogens is 340 g/mol. The highest BCUT2D eigenvalue weighted by Crippen LogP contribution is 2.29. The van der Waals surface area contributed by atoms with Crippen LogP contribution in [0.3, 0.4) is 0 Å². The van der Waals surface area contributed by atoms with Crippen molar-refractivity contribution < 1.29 is 19.1 Å². The van der Waals surface area contributed by atoms with E-state index in [0.717, 1.165) is 11.1 Å². The lowest BCUT2D eigenvalue weighted by Crippen LogP contribution is -2.31. The highest BCUT2D eigenvalue weighted by molar-refractivity contribution is 6.30. The average Bonchev–Trinajstić information content (AvgIpc) is 2.66. The first-order valence-corrected chi connectivity index (χ1v) is 8.09. The Hall–Kier alpha value is -2.59. The van der Waals surface area contributed by atoms with Gasteiger partial charge in [0.2, 0.25) is 0 Å². The van der Waals surface area contributed by atoms with E-state index in [1.54, 1.807) is 18.2 Å². The molecule has 0 amide bonds. The van der Waals surface area contributed by atoms with Gasteiger partial charge in [-0.25, -0.2) is 0 Å². The van der Waals surface area contributed by atoms with Crippen LogP contribution in [0.2, 0.25) is 5.02 Å². The van der Waals surface area contributed by atoms with Gasteiger partial charge in [-0.15, -0.1) is 0 Å². The molecule has 0 radical (unpaired) electrons. The maximum atomic E-state index is 12.2. The summed E-state index contributed by atoms with van der Waals surface area (Å²) in [6, 6.07) is 16.5. The number of halogens is 1. The van der Waals surface area contributed by atoms with Gasteiger partial charge < -0.3 is 9.47 Å². The first-order chi connectivity index (χ1) is 12.1. The zero-order valence-corrected chi connectivity index (χ0v) is 14.8. The topological polar surface area (TPSA) is 52.6 Å². The molecule has 0 aliphatic carbocycles. The maximum absolute atomic E-state index is 12.2. The molecule has 2 aromatic rings. The molecule has 1 unspecified atom stereocenters. The van der Waals surface area contributed by atoms with Gasteiger partial charge in [0.05, 0.1) is 14.2 Å². The standard InChI is InChI=1S/C20H19ClO4/c1-24-19(22)18(20(23)25-2)17(15-6-4-3-5-7-15)13-10-14-8-11-16(21)12-9-14/h3-13,17-18H,1-2H3/b13-10+. The molecule has 0 aliphatic rings. The smallest absolute Gasteiger partial charge is 0.321 e. The van der Waals surface area contributed by atoms with Gasteiger partial charge >= 0.3 is 11.9 Å². The Morgan fingerprint density at radius 3 is 2.00 bits per heavy atom. The minimum absolute atomic E-state index is 0.517. The second-order valence-corrected chi connectivity index (χ2v) is 5.81. The van der Waals surface area contributed by atoms with Crippen molar-refractivity contribution in [1.29, 1.82) is 0 Å². The predicted molar refractivity (Wildman–Crippen MR) is 97.2 cm³/mol. The molecule has 5 heteroatoms. The van der Waals surface area contributed by atoms with Crippen molar-refractivity contribution in [1.82, 2.24) is 0 Å². The van der Waals surface area contributed by atoms with Crippen LogP contribution in [0, 0.1) is 5.92 Å². The Bertz CT molecular complexity index is 722. The summed E-state index contributed by atoms with van der Waals surface area (Å²) in [6.07, 6.45) is 3.64. The van der Waals surface area contributed by atoms with Crippen LogP contribution in [-0.4, -0.2) is 26.2 Å². The van der Waals surface area contributed by atoms with E-state index in [1.807, 2.05) is 48.5 Å². The number of benzene rings is 2. The summed E-state index contributed by atoms with van der Waals surface area (Å²) in [6.45, 7) is 0. The van der Waals surface area contributed by atoms with Gasteiger partial charge in [0.25, 0.3) is 0 Å². The minimum Gasteiger partial charge on any atom is -0.468 e. The van der Waals surface area contributed by atoms with Crippen LogP contribution in [0.1, 0.15) is 17.0 Å². The highest BCUT2D eigenvalue weighted by Gasteiger charge is 2.36. The van der Waals surface area contributed by atoms with Crippen LogP contribution in [0.25, 0.3) is 6.08 Å². The highest BCUT2D eigenvalue weighted by atomic mass is 35.5. The second kappa shape index (κ2) is 9.04. The van der Waals surface area contributed by atoms with Crippen molar-refractivity contribution in [2.75, 3.05) is 14.2 Å². The lowest BCUT2D eigenvalue weighted by Gasteiger charge is -2.21.